The maximum Gasteiger partial charge on any atom is 0.157 e. The number of phenolic OH excluding ortho intramolecular Hbond substituents is 3. The smallest absolute Gasteiger partial charge is 0.157 e. The topological polar surface area (TPSA) is 72.7 Å². The van der Waals surface area contributed by atoms with E-state index in [4.69, 9.17) is 0 Å². The summed E-state index contributed by atoms with van der Waals surface area (Å²) in [5.74, 6) is 0.0114. The van der Waals surface area contributed by atoms with E-state index in [0.29, 0.717) is 0 Å². The zero-order valence-corrected chi connectivity index (χ0v) is 10.3. The molecule has 0 saturated heterocycles. The second-order valence-electron chi connectivity index (χ2n) is 4.77. The number of rotatable bonds is 1. The van der Waals surface area contributed by atoms with E-state index in [-0.39, 0.29) is 23.3 Å². The van der Waals surface area contributed by atoms with Crippen LogP contribution in [0.4, 0.5) is 0 Å². The van der Waals surface area contributed by atoms with Gasteiger partial charge in [-0.2, -0.15) is 0 Å². The Morgan fingerprint density at radius 2 is 1.79 bits per heavy atom. The first-order valence-corrected chi connectivity index (χ1v) is 6.22. The van der Waals surface area contributed by atoms with Crippen molar-refractivity contribution in [3.8, 4) is 17.2 Å². The fraction of sp³-hybridized carbons (Fsp3) is 0.200. The number of phenols is 3. The molecular formula is C15H15NO3. The summed E-state index contributed by atoms with van der Waals surface area (Å²) in [5, 5.41) is 32.2. The van der Waals surface area contributed by atoms with Crippen LogP contribution < -0.4 is 5.32 Å². The Morgan fingerprint density at radius 3 is 2.58 bits per heavy atom. The number of fused-ring (bicyclic) bond motifs is 1. The maximum absolute atomic E-state index is 9.67. The molecule has 0 aliphatic carbocycles. The SMILES string of the molecule is Oc1cccc([C@@H]2NCCc3cc(O)c(O)cc32)c1. The van der Waals surface area contributed by atoms with Gasteiger partial charge in [0.15, 0.2) is 11.5 Å². The number of hydrogen-bond acceptors (Lipinski definition) is 4. The highest BCUT2D eigenvalue weighted by atomic mass is 16.3. The molecule has 1 heterocycles. The Morgan fingerprint density at radius 1 is 1.00 bits per heavy atom. The predicted molar refractivity (Wildman–Crippen MR) is 71.4 cm³/mol. The van der Waals surface area contributed by atoms with Crippen LogP contribution in [0.2, 0.25) is 0 Å². The summed E-state index contributed by atoms with van der Waals surface area (Å²) in [5.41, 5.74) is 2.89. The van der Waals surface area contributed by atoms with Gasteiger partial charge in [0.25, 0.3) is 0 Å². The van der Waals surface area contributed by atoms with Crippen molar-refractivity contribution in [2.75, 3.05) is 6.54 Å². The molecular weight excluding hydrogens is 242 g/mol. The third kappa shape index (κ3) is 2.11. The van der Waals surface area contributed by atoms with E-state index in [1.165, 1.54) is 0 Å². The molecule has 0 fully saturated rings. The molecule has 1 aliphatic rings. The molecule has 0 aromatic heterocycles. The van der Waals surface area contributed by atoms with Gasteiger partial charge < -0.3 is 20.6 Å². The second-order valence-corrected chi connectivity index (χ2v) is 4.77. The molecule has 0 saturated carbocycles. The van der Waals surface area contributed by atoms with E-state index in [0.717, 1.165) is 29.7 Å². The van der Waals surface area contributed by atoms with Crippen LogP contribution in [-0.4, -0.2) is 21.9 Å². The summed E-state index contributed by atoms with van der Waals surface area (Å²) in [4.78, 5) is 0. The van der Waals surface area contributed by atoms with Crippen molar-refractivity contribution in [2.24, 2.45) is 0 Å². The van der Waals surface area contributed by atoms with Crippen molar-refractivity contribution in [3.63, 3.8) is 0 Å². The Bertz CT molecular complexity index is 625. The number of benzene rings is 2. The Hall–Kier alpha value is -2.20. The van der Waals surface area contributed by atoms with Gasteiger partial charge in [-0.05, 0) is 47.4 Å². The van der Waals surface area contributed by atoms with Gasteiger partial charge in [0.05, 0.1) is 6.04 Å². The van der Waals surface area contributed by atoms with E-state index in [1.807, 2.05) is 6.07 Å². The van der Waals surface area contributed by atoms with Gasteiger partial charge in [-0.1, -0.05) is 12.1 Å². The molecule has 1 aliphatic heterocycles. The van der Waals surface area contributed by atoms with Gasteiger partial charge in [0.1, 0.15) is 5.75 Å². The summed E-state index contributed by atoms with van der Waals surface area (Å²) in [7, 11) is 0. The lowest BCUT2D eigenvalue weighted by Crippen LogP contribution is -2.30. The van der Waals surface area contributed by atoms with E-state index >= 15 is 0 Å². The van der Waals surface area contributed by atoms with Crippen LogP contribution in [0.1, 0.15) is 22.7 Å². The molecule has 0 spiro atoms. The molecule has 4 heteroatoms. The highest BCUT2D eigenvalue weighted by Gasteiger charge is 2.23. The molecule has 4 N–H and O–H groups in total. The summed E-state index contributed by atoms with van der Waals surface area (Å²) >= 11 is 0. The van der Waals surface area contributed by atoms with E-state index in [1.54, 1.807) is 30.3 Å². The first-order chi connectivity index (χ1) is 9.15. The standard InChI is InChI=1S/C15H15NO3/c17-11-3-1-2-10(6-11)15-12-8-14(19)13(18)7-9(12)4-5-16-15/h1-3,6-8,15-19H,4-5H2/t15-/m0/s1. The van der Waals surface area contributed by atoms with Gasteiger partial charge >= 0.3 is 0 Å². The lowest BCUT2D eigenvalue weighted by atomic mass is 9.89. The zero-order valence-electron chi connectivity index (χ0n) is 10.3. The highest BCUT2D eigenvalue weighted by Crippen LogP contribution is 2.36. The molecule has 4 nitrogen and oxygen atoms in total. The van der Waals surface area contributed by atoms with Crippen molar-refractivity contribution >= 4 is 0 Å². The van der Waals surface area contributed by atoms with Crippen LogP contribution >= 0.6 is 0 Å². The van der Waals surface area contributed by atoms with Gasteiger partial charge in [0, 0.05) is 6.54 Å². The van der Waals surface area contributed by atoms with E-state index < -0.39 is 0 Å². The van der Waals surface area contributed by atoms with Gasteiger partial charge in [-0.3, -0.25) is 0 Å². The van der Waals surface area contributed by atoms with Crippen molar-refractivity contribution in [1.29, 1.82) is 0 Å². The number of aromatic hydroxyl groups is 3. The monoisotopic (exact) mass is 257 g/mol. The molecule has 0 radical (unpaired) electrons. The fourth-order valence-corrected chi connectivity index (χ4v) is 2.58. The molecule has 2 aromatic carbocycles. The van der Waals surface area contributed by atoms with Gasteiger partial charge in [0.2, 0.25) is 0 Å². The minimum absolute atomic E-state index is 0.0812. The summed E-state index contributed by atoms with van der Waals surface area (Å²) < 4.78 is 0. The first-order valence-electron chi connectivity index (χ1n) is 6.22. The van der Waals surface area contributed by atoms with E-state index in [9.17, 15) is 15.3 Å². The average molecular weight is 257 g/mol. The summed E-state index contributed by atoms with van der Waals surface area (Å²) in [6.45, 7) is 0.789. The van der Waals surface area contributed by atoms with Crippen molar-refractivity contribution in [1.82, 2.24) is 5.32 Å². The van der Waals surface area contributed by atoms with Crippen molar-refractivity contribution in [3.05, 3.63) is 53.1 Å². The Labute approximate surface area is 111 Å². The largest absolute Gasteiger partial charge is 0.508 e. The molecule has 1 atom stereocenters. The molecule has 19 heavy (non-hydrogen) atoms. The Kier molecular flexibility index (Phi) is 2.80. The van der Waals surface area contributed by atoms with Crippen molar-refractivity contribution < 1.29 is 15.3 Å². The molecule has 2 aromatic rings. The predicted octanol–water partition coefficient (Wildman–Crippen LogP) is 2.04. The van der Waals surface area contributed by atoms with Crippen molar-refractivity contribution in [2.45, 2.75) is 12.5 Å². The maximum atomic E-state index is 9.67. The molecule has 0 unspecified atom stereocenters. The average Bonchev–Trinajstić information content (AvgIpc) is 2.39. The highest BCUT2D eigenvalue weighted by molar-refractivity contribution is 5.50. The van der Waals surface area contributed by atoms with Gasteiger partial charge in [-0.15, -0.1) is 0 Å². The van der Waals surface area contributed by atoms with Crippen LogP contribution in [0, 0.1) is 0 Å². The zero-order chi connectivity index (χ0) is 13.4. The first kappa shape index (κ1) is 11.9. The molecule has 0 bridgehead atoms. The number of hydrogen-bond donors (Lipinski definition) is 4. The molecule has 98 valence electrons. The summed E-state index contributed by atoms with van der Waals surface area (Å²) in [6.07, 6.45) is 0.804. The fourth-order valence-electron chi connectivity index (χ4n) is 2.58. The Balaban J connectivity index is 2.10. The third-order valence-electron chi connectivity index (χ3n) is 3.49. The summed E-state index contributed by atoms with van der Waals surface area (Å²) in [6, 6.07) is 10.2. The third-order valence-corrected chi connectivity index (χ3v) is 3.49. The van der Waals surface area contributed by atoms with Gasteiger partial charge in [-0.25, -0.2) is 0 Å². The second kappa shape index (κ2) is 4.48. The molecule has 3 rings (SSSR count). The van der Waals surface area contributed by atoms with Crippen LogP contribution in [0.5, 0.6) is 17.2 Å². The van der Waals surface area contributed by atoms with Crippen LogP contribution in [0.25, 0.3) is 0 Å². The minimum Gasteiger partial charge on any atom is -0.508 e. The quantitative estimate of drug-likeness (QED) is 0.590. The minimum atomic E-state index is -0.118. The number of nitrogens with one attached hydrogen (secondary N) is 1. The van der Waals surface area contributed by atoms with Crippen LogP contribution in [0.3, 0.4) is 0 Å². The lowest BCUT2D eigenvalue weighted by Gasteiger charge is -2.27. The van der Waals surface area contributed by atoms with Crippen LogP contribution in [-0.2, 0) is 6.42 Å². The lowest BCUT2D eigenvalue weighted by molar-refractivity contribution is 0.400. The molecule has 0 amide bonds. The normalized spacial score (nSPS) is 18.0. The van der Waals surface area contributed by atoms with E-state index in [2.05, 4.69) is 5.32 Å². The van der Waals surface area contributed by atoms with Crippen LogP contribution in [0.15, 0.2) is 36.4 Å².